The van der Waals surface area contributed by atoms with Crippen LogP contribution in [-0.2, 0) is 38.4 Å². The zero-order valence-corrected chi connectivity index (χ0v) is 33.7. The number of nitrogens with two attached hydrogens (primary N) is 3. The van der Waals surface area contributed by atoms with Crippen molar-refractivity contribution in [1.29, 1.82) is 0 Å². The lowest BCUT2D eigenvalue weighted by atomic mass is 9.98. The molecule has 1 aromatic rings. The van der Waals surface area contributed by atoms with E-state index in [1.165, 1.54) is 6.07 Å². The van der Waals surface area contributed by atoms with Gasteiger partial charge in [-0.3, -0.25) is 58.6 Å². The van der Waals surface area contributed by atoms with Crippen molar-refractivity contribution in [2.45, 2.75) is 83.3 Å². The first kappa shape index (κ1) is 51.5. The fourth-order valence-corrected chi connectivity index (χ4v) is 5.32. The summed E-state index contributed by atoms with van der Waals surface area (Å²) in [4.78, 5) is 121. The van der Waals surface area contributed by atoms with Gasteiger partial charge in [-0.25, -0.2) is 0 Å². The highest BCUT2D eigenvalue weighted by atomic mass is 16.6. The lowest BCUT2D eigenvalue weighted by Crippen LogP contribution is -2.55. The SMILES string of the molecule is CCC(C)[C@H](NC(=O)CNC(=O)[C@H](CCCCN)NC(=O)CNC(=O)[C@H](CCC(=O)NCCCCNc1ccc([N+](=O)[O-])cc1[N+](=O)[O-])NC(=O)CN)C(=O)NCC(N)=O. The van der Waals surface area contributed by atoms with Crippen LogP contribution in [0.3, 0.4) is 0 Å². The Morgan fingerprint density at radius 1 is 0.683 bits per heavy atom. The number of benzene rings is 1. The van der Waals surface area contributed by atoms with Crippen molar-refractivity contribution in [2.75, 3.05) is 51.1 Å². The van der Waals surface area contributed by atoms with Crippen LogP contribution in [0.2, 0.25) is 0 Å². The molecule has 0 saturated carbocycles. The zero-order valence-electron chi connectivity index (χ0n) is 33.7. The Morgan fingerprint density at radius 2 is 1.27 bits per heavy atom. The van der Waals surface area contributed by atoms with Gasteiger partial charge in [0.1, 0.15) is 23.8 Å². The molecular formula is C35H57N13O12. The van der Waals surface area contributed by atoms with Gasteiger partial charge < -0.3 is 59.7 Å². The molecule has 0 fully saturated rings. The quantitative estimate of drug-likeness (QED) is 0.0209. The van der Waals surface area contributed by atoms with Crippen LogP contribution >= 0.6 is 0 Å². The van der Waals surface area contributed by atoms with Crippen LogP contribution < -0.4 is 59.7 Å². The molecule has 0 heterocycles. The van der Waals surface area contributed by atoms with Crippen LogP contribution in [-0.4, -0.2) is 121 Å². The number of nitrogens with one attached hydrogen (secondary N) is 8. The number of nitrogens with zero attached hydrogens (tertiary/aromatic N) is 2. The molecule has 0 aliphatic heterocycles. The number of rotatable bonds is 30. The molecule has 4 atom stereocenters. The number of amides is 8. The minimum atomic E-state index is -1.26. The van der Waals surface area contributed by atoms with Crippen molar-refractivity contribution in [3.05, 3.63) is 38.4 Å². The minimum Gasteiger partial charge on any atom is -0.379 e. The molecule has 8 amide bonds. The summed E-state index contributed by atoms with van der Waals surface area (Å²) in [5, 5.41) is 42.2. The van der Waals surface area contributed by atoms with Gasteiger partial charge in [0, 0.05) is 25.6 Å². The van der Waals surface area contributed by atoms with Gasteiger partial charge in [0.05, 0.1) is 42.1 Å². The molecule has 0 aliphatic rings. The summed E-state index contributed by atoms with van der Waals surface area (Å²) in [6.07, 6.45) is 2.07. The summed E-state index contributed by atoms with van der Waals surface area (Å²) in [5.74, 6) is -5.97. The molecule has 1 aromatic carbocycles. The molecule has 14 N–H and O–H groups in total. The van der Waals surface area contributed by atoms with Gasteiger partial charge in [-0.05, 0) is 57.1 Å². The number of nitro benzene ring substituents is 2. The van der Waals surface area contributed by atoms with Crippen molar-refractivity contribution in [3.8, 4) is 0 Å². The van der Waals surface area contributed by atoms with Crippen molar-refractivity contribution >= 4 is 64.3 Å². The van der Waals surface area contributed by atoms with E-state index in [9.17, 15) is 58.6 Å². The van der Waals surface area contributed by atoms with Crippen LogP contribution in [0.1, 0.15) is 65.2 Å². The Bertz CT molecular complexity index is 1680. The number of hydrogen-bond donors (Lipinski definition) is 11. The van der Waals surface area contributed by atoms with Crippen molar-refractivity contribution in [2.24, 2.45) is 23.1 Å². The Morgan fingerprint density at radius 3 is 1.83 bits per heavy atom. The third-order valence-electron chi connectivity index (χ3n) is 8.82. The maximum absolute atomic E-state index is 13.1. The van der Waals surface area contributed by atoms with Crippen molar-refractivity contribution in [3.63, 3.8) is 0 Å². The molecule has 1 rings (SSSR count). The van der Waals surface area contributed by atoms with Crippen LogP contribution in [0.25, 0.3) is 0 Å². The predicted molar refractivity (Wildman–Crippen MR) is 215 cm³/mol. The summed E-state index contributed by atoms with van der Waals surface area (Å²) < 4.78 is 0. The van der Waals surface area contributed by atoms with Crippen LogP contribution in [0, 0.1) is 26.1 Å². The van der Waals surface area contributed by atoms with E-state index in [2.05, 4.69) is 42.5 Å². The lowest BCUT2D eigenvalue weighted by Gasteiger charge is -2.24. The lowest BCUT2D eigenvalue weighted by molar-refractivity contribution is -0.393. The average Bonchev–Trinajstić information content (AvgIpc) is 3.21. The molecule has 25 nitrogen and oxygen atoms in total. The number of non-ortho nitro benzene ring substituents is 1. The van der Waals surface area contributed by atoms with Gasteiger partial charge >= 0.3 is 0 Å². The van der Waals surface area contributed by atoms with E-state index < -0.39 is 113 Å². The number of primary amides is 1. The first-order valence-electron chi connectivity index (χ1n) is 19.3. The highest BCUT2D eigenvalue weighted by Crippen LogP contribution is 2.28. The molecule has 1 unspecified atom stereocenters. The normalized spacial score (nSPS) is 12.6. The van der Waals surface area contributed by atoms with Crippen LogP contribution in [0.4, 0.5) is 17.1 Å². The number of hydrogen-bond acceptors (Lipinski definition) is 15. The van der Waals surface area contributed by atoms with Gasteiger partial charge in [0.25, 0.3) is 11.4 Å². The summed E-state index contributed by atoms with van der Waals surface area (Å²) in [5.41, 5.74) is 15.3. The van der Waals surface area contributed by atoms with Crippen molar-refractivity contribution < 1.29 is 48.2 Å². The van der Waals surface area contributed by atoms with E-state index >= 15 is 0 Å². The number of nitro groups is 2. The molecule has 60 heavy (non-hydrogen) atoms. The minimum absolute atomic E-state index is 0.0990. The summed E-state index contributed by atoms with van der Waals surface area (Å²) in [6, 6.07) is -0.210. The fraction of sp³-hybridized carbons (Fsp3) is 0.600. The van der Waals surface area contributed by atoms with E-state index in [-0.39, 0.29) is 44.0 Å². The van der Waals surface area contributed by atoms with Crippen LogP contribution in [0.15, 0.2) is 18.2 Å². The van der Waals surface area contributed by atoms with Crippen LogP contribution in [0.5, 0.6) is 0 Å². The molecule has 0 radical (unpaired) electrons. The monoisotopic (exact) mass is 851 g/mol. The maximum atomic E-state index is 13.1. The summed E-state index contributed by atoms with van der Waals surface area (Å²) in [6.45, 7) is 2.19. The second-order valence-corrected chi connectivity index (χ2v) is 13.5. The van der Waals surface area contributed by atoms with E-state index in [4.69, 9.17) is 17.2 Å². The highest BCUT2D eigenvalue weighted by Gasteiger charge is 2.28. The zero-order chi connectivity index (χ0) is 45.2. The number of carbonyl (C=O) groups is 8. The first-order valence-corrected chi connectivity index (χ1v) is 19.3. The van der Waals surface area contributed by atoms with E-state index in [0.717, 1.165) is 12.1 Å². The van der Waals surface area contributed by atoms with Gasteiger partial charge in [-0.2, -0.15) is 0 Å². The van der Waals surface area contributed by atoms with Gasteiger partial charge in [-0.1, -0.05) is 20.3 Å². The molecule has 0 spiro atoms. The number of unbranched alkanes of at least 4 members (excludes halogenated alkanes) is 2. The van der Waals surface area contributed by atoms with Crippen molar-refractivity contribution in [1.82, 2.24) is 37.2 Å². The molecule has 0 bridgehead atoms. The Balaban J connectivity index is 2.70. The highest BCUT2D eigenvalue weighted by molar-refractivity contribution is 5.95. The largest absolute Gasteiger partial charge is 0.379 e. The van der Waals surface area contributed by atoms with E-state index in [1.54, 1.807) is 13.8 Å². The second kappa shape index (κ2) is 28.0. The Hall–Kier alpha value is -6.50. The number of carbonyl (C=O) groups excluding carboxylic acids is 8. The first-order chi connectivity index (χ1) is 28.4. The topological polar surface area (TPSA) is 397 Å². The Labute approximate surface area is 345 Å². The standard InChI is InChI=1S/C35H57N13O12/c1-3-21(2)32(35(56)41-18-27(38)49)46-31(53)20-43-33(54)24(8-4-5-13-36)45-30(52)19-42-34(55)25(44-29(51)17-37)11-12-28(50)40-15-7-6-14-39-23-10-9-22(47(57)58)16-26(23)48(59)60/h9-10,16,21,24-25,32,39H,3-8,11-15,17-20,36-37H2,1-2H3,(H2,38,49)(H,40,50)(H,41,56)(H,42,55)(H,43,54)(H,44,51)(H,45,52)(H,46,53)/t21?,24-,25-,32-/m0/s1. The fourth-order valence-electron chi connectivity index (χ4n) is 5.32. The summed E-state index contributed by atoms with van der Waals surface area (Å²) >= 11 is 0. The average molecular weight is 852 g/mol. The number of anilines is 1. The summed E-state index contributed by atoms with van der Waals surface area (Å²) in [7, 11) is 0. The van der Waals surface area contributed by atoms with Gasteiger partial charge in [0.2, 0.25) is 47.3 Å². The van der Waals surface area contributed by atoms with E-state index in [0.29, 0.717) is 38.6 Å². The third kappa shape index (κ3) is 20.3. The predicted octanol–water partition coefficient (Wildman–Crippen LogP) is -2.99. The molecular weight excluding hydrogens is 794 g/mol. The third-order valence-corrected chi connectivity index (χ3v) is 8.82. The Kier molecular flexibility index (Phi) is 24.1. The molecule has 0 aliphatic carbocycles. The van der Waals surface area contributed by atoms with E-state index in [1.807, 2.05) is 0 Å². The second-order valence-electron chi connectivity index (χ2n) is 13.5. The molecule has 334 valence electrons. The smallest absolute Gasteiger partial charge is 0.299 e. The van der Waals surface area contributed by atoms with Gasteiger partial charge in [0.15, 0.2) is 0 Å². The maximum Gasteiger partial charge on any atom is 0.299 e. The van der Waals surface area contributed by atoms with Gasteiger partial charge in [-0.15, -0.1) is 0 Å². The molecule has 25 heteroatoms. The molecule has 0 aromatic heterocycles. The molecule has 0 saturated heterocycles.